The van der Waals surface area contributed by atoms with Crippen LogP contribution in [0.15, 0.2) is 42.5 Å². The van der Waals surface area contributed by atoms with Crippen molar-refractivity contribution in [3.8, 4) is 0 Å². The lowest BCUT2D eigenvalue weighted by Crippen LogP contribution is -2.32. The predicted octanol–water partition coefficient (Wildman–Crippen LogP) is 3.86. The van der Waals surface area contributed by atoms with E-state index >= 15 is 0 Å². The van der Waals surface area contributed by atoms with Gasteiger partial charge < -0.3 is 15.0 Å². The van der Waals surface area contributed by atoms with Crippen LogP contribution in [0.5, 0.6) is 0 Å². The standard InChI is InChI=1S/C22H26N2O4/c1-5-28-22(27)18-7-10-20(11-8-18)24(17(4)25)13-12-21(26)23-19-9-6-15(2)16(3)14-19/h6-11,14H,5,12-13H2,1-4H3,(H,23,26). The molecule has 0 radical (unpaired) electrons. The zero-order valence-electron chi connectivity index (χ0n) is 16.7. The van der Waals surface area contributed by atoms with Crippen LogP contribution in [-0.4, -0.2) is 30.9 Å². The summed E-state index contributed by atoms with van der Waals surface area (Å²) in [6, 6.07) is 12.3. The van der Waals surface area contributed by atoms with E-state index in [-0.39, 0.29) is 24.8 Å². The van der Waals surface area contributed by atoms with E-state index in [0.717, 1.165) is 16.8 Å². The molecule has 0 unspecified atom stereocenters. The number of hydrogen-bond donors (Lipinski definition) is 1. The molecule has 28 heavy (non-hydrogen) atoms. The van der Waals surface area contributed by atoms with Gasteiger partial charge in [0.1, 0.15) is 0 Å². The number of carbonyl (C=O) groups excluding carboxylic acids is 3. The Labute approximate surface area is 165 Å². The molecule has 0 bridgehead atoms. The fraction of sp³-hybridized carbons (Fsp3) is 0.318. The van der Waals surface area contributed by atoms with Crippen LogP contribution in [0.2, 0.25) is 0 Å². The Morgan fingerprint density at radius 1 is 1.00 bits per heavy atom. The number of benzene rings is 2. The minimum absolute atomic E-state index is 0.159. The molecule has 0 saturated heterocycles. The zero-order valence-corrected chi connectivity index (χ0v) is 16.7. The zero-order chi connectivity index (χ0) is 20.7. The summed E-state index contributed by atoms with van der Waals surface area (Å²) in [5, 5.41) is 2.86. The molecule has 2 aromatic rings. The van der Waals surface area contributed by atoms with E-state index in [1.807, 2.05) is 32.0 Å². The quantitative estimate of drug-likeness (QED) is 0.738. The molecule has 0 heterocycles. The first kappa shape index (κ1) is 21.2. The Morgan fingerprint density at radius 3 is 2.25 bits per heavy atom. The van der Waals surface area contributed by atoms with E-state index in [1.54, 1.807) is 31.2 Å². The molecule has 0 spiro atoms. The van der Waals surface area contributed by atoms with Crippen molar-refractivity contribution in [3.63, 3.8) is 0 Å². The van der Waals surface area contributed by atoms with E-state index in [4.69, 9.17) is 4.74 Å². The normalized spacial score (nSPS) is 10.3. The molecular weight excluding hydrogens is 356 g/mol. The number of esters is 1. The molecule has 0 aliphatic carbocycles. The maximum Gasteiger partial charge on any atom is 0.338 e. The molecule has 2 rings (SSSR count). The molecule has 0 aliphatic heterocycles. The molecule has 0 atom stereocenters. The average Bonchev–Trinajstić information content (AvgIpc) is 2.65. The van der Waals surface area contributed by atoms with Crippen molar-refractivity contribution in [1.82, 2.24) is 0 Å². The molecule has 0 aliphatic rings. The molecule has 1 N–H and O–H groups in total. The van der Waals surface area contributed by atoms with E-state index in [2.05, 4.69) is 5.32 Å². The topological polar surface area (TPSA) is 75.7 Å². The second kappa shape index (κ2) is 9.69. The van der Waals surface area contributed by atoms with Crippen LogP contribution >= 0.6 is 0 Å². The van der Waals surface area contributed by atoms with Crippen LogP contribution in [0, 0.1) is 13.8 Å². The Hall–Kier alpha value is -3.15. The fourth-order valence-electron chi connectivity index (χ4n) is 2.72. The Kier molecular flexibility index (Phi) is 7.32. The van der Waals surface area contributed by atoms with Gasteiger partial charge in [0.25, 0.3) is 0 Å². The molecule has 2 aromatic carbocycles. The van der Waals surface area contributed by atoms with Crippen LogP contribution in [0.1, 0.15) is 41.8 Å². The summed E-state index contributed by atoms with van der Waals surface area (Å²) in [7, 11) is 0. The highest BCUT2D eigenvalue weighted by Crippen LogP contribution is 2.18. The Morgan fingerprint density at radius 2 is 1.68 bits per heavy atom. The number of nitrogens with zero attached hydrogens (tertiary/aromatic N) is 1. The number of nitrogens with one attached hydrogen (secondary N) is 1. The van der Waals surface area contributed by atoms with Crippen LogP contribution in [0.4, 0.5) is 11.4 Å². The van der Waals surface area contributed by atoms with Crippen molar-refractivity contribution < 1.29 is 19.1 Å². The average molecular weight is 382 g/mol. The van der Waals surface area contributed by atoms with Crippen molar-refractivity contribution in [3.05, 3.63) is 59.2 Å². The summed E-state index contributed by atoms with van der Waals surface area (Å²) >= 11 is 0. The highest BCUT2D eigenvalue weighted by atomic mass is 16.5. The van der Waals surface area contributed by atoms with E-state index < -0.39 is 5.97 Å². The largest absolute Gasteiger partial charge is 0.462 e. The van der Waals surface area contributed by atoms with E-state index in [1.165, 1.54) is 11.8 Å². The van der Waals surface area contributed by atoms with Gasteiger partial charge in [0.15, 0.2) is 0 Å². The third-order valence-corrected chi connectivity index (χ3v) is 4.42. The first-order valence-corrected chi connectivity index (χ1v) is 9.24. The van der Waals surface area contributed by atoms with Crippen molar-refractivity contribution in [2.45, 2.75) is 34.1 Å². The third-order valence-electron chi connectivity index (χ3n) is 4.42. The van der Waals surface area contributed by atoms with Crippen LogP contribution in [0.25, 0.3) is 0 Å². The lowest BCUT2D eigenvalue weighted by Gasteiger charge is -2.21. The summed E-state index contributed by atoms with van der Waals surface area (Å²) in [4.78, 5) is 37.5. The molecule has 6 heteroatoms. The van der Waals surface area contributed by atoms with Crippen molar-refractivity contribution >= 4 is 29.2 Å². The van der Waals surface area contributed by atoms with Gasteiger partial charge in [0.05, 0.1) is 12.2 Å². The molecular formula is C22H26N2O4. The number of carbonyl (C=O) groups is 3. The van der Waals surface area contributed by atoms with Gasteiger partial charge in [-0.1, -0.05) is 6.07 Å². The predicted molar refractivity (Wildman–Crippen MR) is 110 cm³/mol. The Bertz CT molecular complexity index is 859. The first-order chi connectivity index (χ1) is 13.3. The number of anilines is 2. The number of ether oxygens (including phenoxy) is 1. The van der Waals surface area contributed by atoms with Gasteiger partial charge in [-0.25, -0.2) is 4.79 Å². The minimum Gasteiger partial charge on any atom is -0.462 e. The van der Waals surface area contributed by atoms with Crippen LogP contribution in [0.3, 0.4) is 0 Å². The van der Waals surface area contributed by atoms with Gasteiger partial charge in [-0.05, 0) is 68.3 Å². The van der Waals surface area contributed by atoms with Gasteiger partial charge in [0, 0.05) is 31.3 Å². The smallest absolute Gasteiger partial charge is 0.338 e. The lowest BCUT2D eigenvalue weighted by atomic mass is 10.1. The lowest BCUT2D eigenvalue weighted by molar-refractivity contribution is -0.117. The molecule has 2 amide bonds. The van der Waals surface area contributed by atoms with Crippen molar-refractivity contribution in [2.75, 3.05) is 23.4 Å². The molecule has 0 aromatic heterocycles. The second-order valence-electron chi connectivity index (χ2n) is 6.54. The highest BCUT2D eigenvalue weighted by molar-refractivity contribution is 5.95. The minimum atomic E-state index is -0.406. The first-order valence-electron chi connectivity index (χ1n) is 9.24. The number of rotatable bonds is 7. The monoisotopic (exact) mass is 382 g/mol. The molecule has 6 nitrogen and oxygen atoms in total. The van der Waals surface area contributed by atoms with Crippen LogP contribution < -0.4 is 10.2 Å². The van der Waals surface area contributed by atoms with Gasteiger partial charge in [-0.2, -0.15) is 0 Å². The molecule has 148 valence electrons. The molecule has 0 fully saturated rings. The maximum absolute atomic E-state index is 12.3. The van der Waals surface area contributed by atoms with Gasteiger partial charge >= 0.3 is 5.97 Å². The summed E-state index contributed by atoms with van der Waals surface area (Å²) in [5.41, 5.74) is 4.04. The Balaban J connectivity index is 2.00. The summed E-state index contributed by atoms with van der Waals surface area (Å²) in [5.74, 6) is -0.753. The van der Waals surface area contributed by atoms with Crippen LogP contribution in [-0.2, 0) is 14.3 Å². The number of aryl methyl sites for hydroxylation is 2. The number of amides is 2. The van der Waals surface area contributed by atoms with E-state index in [0.29, 0.717) is 17.9 Å². The highest BCUT2D eigenvalue weighted by Gasteiger charge is 2.15. The SMILES string of the molecule is CCOC(=O)c1ccc(N(CCC(=O)Nc2ccc(C)c(C)c2)C(C)=O)cc1. The third kappa shape index (κ3) is 5.67. The van der Waals surface area contributed by atoms with Gasteiger partial charge in [0.2, 0.25) is 11.8 Å². The van der Waals surface area contributed by atoms with Crippen molar-refractivity contribution in [1.29, 1.82) is 0 Å². The van der Waals surface area contributed by atoms with Gasteiger partial charge in [-0.3, -0.25) is 9.59 Å². The summed E-state index contributed by atoms with van der Waals surface area (Å²) in [6.45, 7) is 7.73. The van der Waals surface area contributed by atoms with Gasteiger partial charge in [-0.15, -0.1) is 0 Å². The fourth-order valence-corrected chi connectivity index (χ4v) is 2.72. The summed E-state index contributed by atoms with van der Waals surface area (Å²) in [6.07, 6.45) is 0.159. The molecule has 0 saturated carbocycles. The second-order valence-corrected chi connectivity index (χ2v) is 6.54. The van der Waals surface area contributed by atoms with E-state index in [9.17, 15) is 14.4 Å². The summed E-state index contributed by atoms with van der Waals surface area (Å²) < 4.78 is 4.95. The number of hydrogen-bond acceptors (Lipinski definition) is 4. The van der Waals surface area contributed by atoms with Crippen molar-refractivity contribution in [2.24, 2.45) is 0 Å². The maximum atomic E-state index is 12.3.